The van der Waals surface area contributed by atoms with Gasteiger partial charge in [0.15, 0.2) is 0 Å². The van der Waals surface area contributed by atoms with Gasteiger partial charge in [-0.05, 0) is 43.4 Å². The van der Waals surface area contributed by atoms with Crippen LogP contribution in [0.2, 0.25) is 5.02 Å². The zero-order valence-electron chi connectivity index (χ0n) is 14.4. The lowest BCUT2D eigenvalue weighted by Crippen LogP contribution is -2.36. The number of carbonyl (C=O) groups is 1. The Balaban J connectivity index is 0.00000312. The molecule has 9 heteroatoms. The third kappa shape index (κ3) is 5.56. The first-order chi connectivity index (χ1) is 11.2. The number of hydrogen-bond acceptors (Lipinski definition) is 4. The molecular formula is C16H25Cl2N3O3S. The van der Waals surface area contributed by atoms with Crippen LogP contribution in [0.1, 0.15) is 33.1 Å². The lowest BCUT2D eigenvalue weighted by Gasteiger charge is -2.18. The highest BCUT2D eigenvalue weighted by molar-refractivity contribution is 7.89. The molecule has 0 spiro atoms. The molecule has 0 saturated carbocycles. The normalized spacial score (nSPS) is 16.5. The molecule has 6 nitrogen and oxygen atoms in total. The molecule has 0 aliphatic carbocycles. The average molecular weight is 410 g/mol. The quantitative estimate of drug-likeness (QED) is 0.754. The topological polar surface area (TPSA) is 92.5 Å². The number of nitrogens with one attached hydrogen (secondary N) is 1. The number of nitrogens with zero attached hydrogens (tertiary/aromatic N) is 1. The molecule has 1 aromatic carbocycles. The van der Waals surface area contributed by atoms with Gasteiger partial charge < -0.3 is 11.1 Å². The van der Waals surface area contributed by atoms with Gasteiger partial charge in [-0.15, -0.1) is 12.4 Å². The molecule has 3 N–H and O–H groups in total. The van der Waals surface area contributed by atoms with E-state index in [1.807, 2.05) is 13.8 Å². The second-order valence-corrected chi connectivity index (χ2v) is 8.80. The summed E-state index contributed by atoms with van der Waals surface area (Å²) < 4.78 is 26.8. The zero-order valence-corrected chi connectivity index (χ0v) is 16.8. The van der Waals surface area contributed by atoms with Crippen LogP contribution < -0.4 is 11.1 Å². The van der Waals surface area contributed by atoms with E-state index in [1.54, 1.807) is 6.07 Å². The standard InChI is InChI=1S/C16H24ClN3O3S.ClH/c1-11(2)9-14(18)16(21)19-12-5-6-13(17)15(10-12)24(22,23)20-7-3-4-8-20;/h5-6,10-11,14H,3-4,7-9,18H2,1-2H3,(H,19,21);1H/t14-;/m0./s1. The maximum absolute atomic E-state index is 12.7. The van der Waals surface area contributed by atoms with Crippen LogP contribution in [0.4, 0.5) is 5.69 Å². The van der Waals surface area contributed by atoms with Crippen molar-refractivity contribution in [3.8, 4) is 0 Å². The van der Waals surface area contributed by atoms with E-state index in [1.165, 1.54) is 16.4 Å². The number of hydrogen-bond donors (Lipinski definition) is 2. The molecule has 1 fully saturated rings. The molecule has 1 aliphatic rings. The van der Waals surface area contributed by atoms with Gasteiger partial charge in [-0.25, -0.2) is 8.42 Å². The second kappa shape index (κ2) is 9.19. The monoisotopic (exact) mass is 409 g/mol. The summed E-state index contributed by atoms with van der Waals surface area (Å²) in [5.41, 5.74) is 6.23. The molecule has 1 heterocycles. The van der Waals surface area contributed by atoms with Crippen molar-refractivity contribution in [2.45, 2.75) is 44.0 Å². The van der Waals surface area contributed by atoms with Crippen LogP contribution in [-0.4, -0.2) is 37.8 Å². The van der Waals surface area contributed by atoms with E-state index < -0.39 is 16.1 Å². The number of nitrogens with two attached hydrogens (primary N) is 1. The highest BCUT2D eigenvalue weighted by atomic mass is 35.5. The van der Waals surface area contributed by atoms with Crippen LogP contribution in [-0.2, 0) is 14.8 Å². The molecule has 1 atom stereocenters. The predicted octanol–water partition coefficient (Wildman–Crippen LogP) is 2.86. The van der Waals surface area contributed by atoms with Crippen molar-refractivity contribution >= 4 is 45.6 Å². The van der Waals surface area contributed by atoms with Crippen molar-refractivity contribution in [3.05, 3.63) is 23.2 Å². The van der Waals surface area contributed by atoms with Crippen LogP contribution in [0, 0.1) is 5.92 Å². The van der Waals surface area contributed by atoms with Crippen LogP contribution >= 0.6 is 24.0 Å². The van der Waals surface area contributed by atoms with Crippen molar-refractivity contribution < 1.29 is 13.2 Å². The fraction of sp³-hybridized carbons (Fsp3) is 0.562. The van der Waals surface area contributed by atoms with Crippen LogP contribution in [0.25, 0.3) is 0 Å². The smallest absolute Gasteiger partial charge is 0.244 e. The van der Waals surface area contributed by atoms with Gasteiger partial charge >= 0.3 is 0 Å². The number of rotatable bonds is 6. The zero-order chi connectivity index (χ0) is 17.9. The van der Waals surface area contributed by atoms with Crippen molar-refractivity contribution in [3.63, 3.8) is 0 Å². The van der Waals surface area contributed by atoms with Crippen molar-refractivity contribution in [1.29, 1.82) is 0 Å². The van der Waals surface area contributed by atoms with E-state index in [0.717, 1.165) is 12.8 Å². The largest absolute Gasteiger partial charge is 0.325 e. The summed E-state index contributed by atoms with van der Waals surface area (Å²) in [4.78, 5) is 12.1. The third-order valence-corrected chi connectivity index (χ3v) is 6.32. The van der Waals surface area contributed by atoms with Crippen molar-refractivity contribution in [2.24, 2.45) is 11.7 Å². The summed E-state index contributed by atoms with van der Waals surface area (Å²) in [5, 5.41) is 2.82. The number of benzene rings is 1. The molecule has 2 rings (SSSR count). The molecule has 0 bridgehead atoms. The summed E-state index contributed by atoms with van der Waals surface area (Å²) in [6, 6.07) is 3.81. The molecule has 142 valence electrons. The summed E-state index contributed by atoms with van der Waals surface area (Å²) >= 11 is 6.08. The molecule has 1 aromatic rings. The highest BCUT2D eigenvalue weighted by Gasteiger charge is 2.29. The number of halogens is 2. The third-order valence-electron chi connectivity index (χ3n) is 3.94. The van der Waals surface area contributed by atoms with E-state index in [2.05, 4.69) is 5.32 Å². The number of amides is 1. The van der Waals surface area contributed by atoms with Crippen LogP contribution in [0.5, 0.6) is 0 Å². The highest BCUT2D eigenvalue weighted by Crippen LogP contribution is 2.29. The lowest BCUT2D eigenvalue weighted by atomic mass is 10.0. The lowest BCUT2D eigenvalue weighted by molar-refractivity contribution is -0.117. The Morgan fingerprint density at radius 2 is 1.92 bits per heavy atom. The minimum atomic E-state index is -3.65. The van der Waals surface area contributed by atoms with E-state index in [-0.39, 0.29) is 28.2 Å². The molecule has 1 amide bonds. The number of anilines is 1. The molecule has 0 radical (unpaired) electrons. The van der Waals surface area contributed by atoms with Crippen LogP contribution in [0.15, 0.2) is 23.1 Å². The van der Waals surface area contributed by atoms with Gasteiger partial charge in [-0.1, -0.05) is 25.4 Å². The Kier molecular flexibility index (Phi) is 8.15. The van der Waals surface area contributed by atoms with Gasteiger partial charge in [-0.3, -0.25) is 4.79 Å². The molecular weight excluding hydrogens is 385 g/mol. The molecule has 25 heavy (non-hydrogen) atoms. The van der Waals surface area contributed by atoms with E-state index in [9.17, 15) is 13.2 Å². The Bertz CT molecular complexity index is 705. The van der Waals surface area contributed by atoms with Crippen molar-refractivity contribution in [2.75, 3.05) is 18.4 Å². The molecule has 1 aliphatic heterocycles. The van der Waals surface area contributed by atoms with E-state index >= 15 is 0 Å². The Labute approximate surface area is 160 Å². The first kappa shape index (κ1) is 22.2. The van der Waals surface area contributed by atoms with Crippen molar-refractivity contribution in [1.82, 2.24) is 4.31 Å². The SMILES string of the molecule is CC(C)C[C@H](N)C(=O)Nc1ccc(Cl)c(S(=O)(=O)N2CCCC2)c1.Cl. The van der Waals surface area contributed by atoms with E-state index in [0.29, 0.717) is 31.1 Å². The predicted molar refractivity (Wildman–Crippen MR) is 103 cm³/mol. The number of sulfonamides is 1. The average Bonchev–Trinajstić information content (AvgIpc) is 3.03. The Morgan fingerprint density at radius 3 is 2.48 bits per heavy atom. The summed E-state index contributed by atoms with van der Waals surface area (Å²) in [6.07, 6.45) is 2.24. The first-order valence-corrected chi connectivity index (χ1v) is 9.89. The Morgan fingerprint density at radius 1 is 1.32 bits per heavy atom. The summed E-state index contributed by atoms with van der Waals surface area (Å²) in [5.74, 6) is -0.0439. The minimum absolute atomic E-state index is 0. The fourth-order valence-electron chi connectivity index (χ4n) is 2.70. The maximum Gasteiger partial charge on any atom is 0.244 e. The molecule has 0 aromatic heterocycles. The molecule has 1 saturated heterocycles. The summed E-state index contributed by atoms with van der Waals surface area (Å²) in [6.45, 7) is 4.95. The summed E-state index contributed by atoms with van der Waals surface area (Å²) in [7, 11) is -3.65. The van der Waals surface area contributed by atoms with Gasteiger partial charge in [0.2, 0.25) is 15.9 Å². The first-order valence-electron chi connectivity index (χ1n) is 8.08. The maximum atomic E-state index is 12.7. The fourth-order valence-corrected chi connectivity index (χ4v) is 4.71. The van der Waals surface area contributed by atoms with Gasteiger partial charge in [-0.2, -0.15) is 4.31 Å². The minimum Gasteiger partial charge on any atom is -0.325 e. The van der Waals surface area contributed by atoms with Gasteiger partial charge in [0.05, 0.1) is 11.1 Å². The number of carbonyl (C=O) groups excluding carboxylic acids is 1. The van der Waals surface area contributed by atoms with Crippen LogP contribution in [0.3, 0.4) is 0 Å². The van der Waals surface area contributed by atoms with Gasteiger partial charge in [0.1, 0.15) is 4.90 Å². The Hall–Kier alpha value is -0.860. The van der Waals surface area contributed by atoms with Gasteiger partial charge in [0, 0.05) is 18.8 Å². The van der Waals surface area contributed by atoms with Gasteiger partial charge in [0.25, 0.3) is 0 Å². The second-order valence-electron chi connectivity index (χ2n) is 6.48. The van der Waals surface area contributed by atoms with E-state index in [4.69, 9.17) is 17.3 Å². The molecule has 0 unspecified atom stereocenters.